The van der Waals surface area contributed by atoms with E-state index in [1.165, 1.54) is 25.7 Å². The van der Waals surface area contributed by atoms with Gasteiger partial charge >= 0.3 is 39.9 Å². The first-order valence-electron chi connectivity index (χ1n) is 6.82. The fourth-order valence-electron chi connectivity index (χ4n) is 1.53. The second kappa shape index (κ2) is 23.6. The monoisotopic (exact) mass is 510 g/mol. The van der Waals surface area contributed by atoms with Gasteiger partial charge in [-0.3, -0.25) is 0 Å². The Morgan fingerprint density at radius 1 is 0.429 bits per heavy atom. The Bertz CT molecular complexity index is 117. The zero-order valence-corrected chi connectivity index (χ0v) is 15.7. The quantitative estimate of drug-likeness (QED) is 0.438. The molecule has 0 unspecified atom stereocenters. The minimum atomic E-state index is 0. The van der Waals surface area contributed by atoms with E-state index in [2.05, 4.69) is 0 Å². The van der Waals surface area contributed by atoms with E-state index in [1.807, 2.05) is 51.4 Å². The molecule has 0 atom stereocenters. The summed E-state index contributed by atoms with van der Waals surface area (Å²) in [6, 6.07) is 0. The maximum absolute atomic E-state index is 4.94. The van der Waals surface area contributed by atoms with Crippen molar-refractivity contribution < 1.29 is 49.4 Å². The molecule has 2 aliphatic heterocycles. The summed E-state index contributed by atoms with van der Waals surface area (Å²) in [6.45, 7) is 4.00. The van der Waals surface area contributed by atoms with Gasteiger partial charge in [0.15, 0.2) is 0 Å². The van der Waals surface area contributed by atoms with Crippen LogP contribution in [0.4, 0.5) is 0 Å². The number of hydrogen-bond acceptors (Lipinski definition) is 2. The van der Waals surface area contributed by atoms with Gasteiger partial charge in [-0.15, -0.1) is 0 Å². The third-order valence-corrected chi connectivity index (χ3v) is 2.54. The Kier molecular flexibility index (Phi) is 30.7. The molecule has 2 nitrogen and oxygen atoms in total. The SMILES string of the molecule is C1CCOC1.C1CCOC1.[BH4-].[BH4-].[CH]1[CH][CH][CH][CH][CH][CH][CH]1.[Th+2]. The molecule has 8 radical (unpaired) electrons. The van der Waals surface area contributed by atoms with Gasteiger partial charge in [-0.1, -0.05) is 16.8 Å². The van der Waals surface area contributed by atoms with Crippen molar-refractivity contribution in [2.45, 2.75) is 25.7 Å². The molecule has 0 aromatic carbocycles. The van der Waals surface area contributed by atoms with Gasteiger partial charge in [0.25, 0.3) is 0 Å². The van der Waals surface area contributed by atoms with E-state index in [4.69, 9.17) is 9.47 Å². The van der Waals surface area contributed by atoms with Crippen LogP contribution in [0.15, 0.2) is 0 Å². The van der Waals surface area contributed by atoms with E-state index < -0.39 is 0 Å². The van der Waals surface area contributed by atoms with Gasteiger partial charge in [0.1, 0.15) is 0 Å². The molecule has 0 aromatic rings. The first kappa shape index (κ1) is 27.2. The molecule has 1 aliphatic carbocycles. The van der Waals surface area contributed by atoms with Crippen LogP contribution in [0, 0.1) is 91.3 Å². The molecular weight excluding hydrogens is 478 g/mol. The molecule has 1 saturated carbocycles. The van der Waals surface area contributed by atoms with Crippen LogP contribution in [0.3, 0.4) is 0 Å². The zero-order valence-electron chi connectivity index (χ0n) is 11.6. The van der Waals surface area contributed by atoms with Gasteiger partial charge in [-0.25, -0.2) is 0 Å². The van der Waals surface area contributed by atoms with Crippen LogP contribution in [0.5, 0.6) is 0 Å². The summed E-state index contributed by atoms with van der Waals surface area (Å²) in [6.07, 6.45) is 21.1. The minimum Gasteiger partial charge on any atom is -0.381 e. The van der Waals surface area contributed by atoms with Gasteiger partial charge in [0.05, 0.1) is 0 Å². The average Bonchev–Trinajstić information content (AvgIpc) is 3.08. The van der Waals surface area contributed by atoms with Crippen LogP contribution in [-0.4, -0.2) is 43.3 Å². The average molecular weight is 510 g/mol. The first-order valence-corrected chi connectivity index (χ1v) is 6.82. The normalized spacial score (nSPS) is 20.6. The van der Waals surface area contributed by atoms with Gasteiger partial charge in [0, 0.05) is 26.4 Å². The molecule has 3 aliphatic rings. The minimum absolute atomic E-state index is 0. The third-order valence-electron chi connectivity index (χ3n) is 2.54. The summed E-state index contributed by atoms with van der Waals surface area (Å²) >= 11 is 0. The molecule has 0 amide bonds. The van der Waals surface area contributed by atoms with Crippen molar-refractivity contribution >= 4 is 16.8 Å². The molecule has 2 heterocycles. The smallest absolute Gasteiger partial charge is 0.381 e. The molecule has 2 saturated heterocycles. The predicted octanol–water partition coefficient (Wildman–Crippen LogP) is 0.325. The van der Waals surface area contributed by atoms with Crippen LogP contribution in [0.1, 0.15) is 25.7 Å². The molecule has 0 aromatic heterocycles. The molecule has 0 N–H and O–H groups in total. The van der Waals surface area contributed by atoms with Crippen molar-refractivity contribution in [1.29, 1.82) is 0 Å². The van der Waals surface area contributed by atoms with Gasteiger partial charge < -0.3 is 9.47 Å². The first-order chi connectivity index (χ1) is 9.00. The maximum atomic E-state index is 4.94. The number of rotatable bonds is 0. The molecular formula is C16H32B2O2Th. The Morgan fingerprint density at radius 3 is 0.714 bits per heavy atom. The summed E-state index contributed by atoms with van der Waals surface area (Å²) in [5, 5.41) is 0. The Balaban J connectivity index is -0.000000223. The van der Waals surface area contributed by atoms with Gasteiger partial charge in [-0.2, -0.15) is 0 Å². The number of ether oxygens (including phenoxy) is 2. The van der Waals surface area contributed by atoms with Crippen LogP contribution < -0.4 is 0 Å². The molecule has 3 fully saturated rings. The molecule has 21 heavy (non-hydrogen) atoms. The van der Waals surface area contributed by atoms with E-state index in [1.54, 1.807) is 0 Å². The van der Waals surface area contributed by atoms with E-state index >= 15 is 0 Å². The van der Waals surface area contributed by atoms with Crippen LogP contribution >= 0.6 is 0 Å². The van der Waals surface area contributed by atoms with Crippen molar-refractivity contribution in [1.82, 2.24) is 0 Å². The van der Waals surface area contributed by atoms with Gasteiger partial charge in [0.2, 0.25) is 0 Å². The maximum Gasteiger partial charge on any atom is 2.00 e. The summed E-state index contributed by atoms with van der Waals surface area (Å²) in [7, 11) is 0. The van der Waals surface area contributed by atoms with Crippen LogP contribution in [0.2, 0.25) is 0 Å². The van der Waals surface area contributed by atoms with Crippen molar-refractivity contribution in [3.05, 3.63) is 51.4 Å². The van der Waals surface area contributed by atoms with Crippen molar-refractivity contribution in [2.24, 2.45) is 0 Å². The molecule has 118 valence electrons. The predicted molar refractivity (Wildman–Crippen MR) is 97.2 cm³/mol. The fraction of sp³-hybridized carbons (Fsp3) is 0.500. The fourth-order valence-corrected chi connectivity index (χ4v) is 1.53. The summed E-state index contributed by atoms with van der Waals surface area (Å²) < 4.78 is 9.89. The summed E-state index contributed by atoms with van der Waals surface area (Å²) in [4.78, 5) is 0. The van der Waals surface area contributed by atoms with Crippen LogP contribution in [0.25, 0.3) is 0 Å². The van der Waals surface area contributed by atoms with E-state index in [0.717, 1.165) is 26.4 Å². The standard InChI is InChI=1S/C8H8.2C4H8O.2BH4.Th/c1-2-4-6-8-7-5-3-1;2*1-2-4-5-3-1;;;/h1-8H;2*1-4H2;2*1H4;/q;;;2*-1;+2. The van der Waals surface area contributed by atoms with Crippen molar-refractivity contribution in [3.63, 3.8) is 0 Å². The van der Waals surface area contributed by atoms with Crippen LogP contribution in [-0.2, 0) is 9.47 Å². The molecule has 0 bridgehead atoms. The second-order valence-corrected chi connectivity index (χ2v) is 4.18. The topological polar surface area (TPSA) is 18.5 Å². The molecule has 3 rings (SSSR count). The van der Waals surface area contributed by atoms with E-state index in [9.17, 15) is 0 Å². The Morgan fingerprint density at radius 2 is 0.619 bits per heavy atom. The second-order valence-electron chi connectivity index (χ2n) is 4.18. The van der Waals surface area contributed by atoms with E-state index in [-0.39, 0.29) is 56.8 Å². The third kappa shape index (κ3) is 21.4. The van der Waals surface area contributed by atoms with E-state index in [0.29, 0.717) is 0 Å². The molecule has 0 spiro atoms. The van der Waals surface area contributed by atoms with Gasteiger partial charge in [-0.05, 0) is 77.0 Å². The summed E-state index contributed by atoms with van der Waals surface area (Å²) in [5.74, 6) is 0. The number of hydrogen-bond donors (Lipinski definition) is 0. The Labute approximate surface area is 168 Å². The largest absolute Gasteiger partial charge is 2.00 e. The zero-order chi connectivity index (χ0) is 12.7. The molecule has 5 heteroatoms. The van der Waals surface area contributed by atoms with Crippen molar-refractivity contribution in [3.8, 4) is 0 Å². The summed E-state index contributed by atoms with van der Waals surface area (Å²) in [5.41, 5.74) is 0. The Hall–Kier alpha value is 1.37. The van der Waals surface area contributed by atoms with Crippen molar-refractivity contribution in [2.75, 3.05) is 26.4 Å².